The van der Waals surface area contributed by atoms with Crippen LogP contribution in [-0.4, -0.2) is 37.2 Å². The second kappa shape index (κ2) is 10.1. The molecule has 8 nitrogen and oxygen atoms in total. The molecule has 174 valence electrons. The van der Waals surface area contributed by atoms with E-state index in [-0.39, 0.29) is 12.2 Å². The third kappa shape index (κ3) is 4.56. The number of benzene rings is 3. The first kappa shape index (κ1) is 22.8. The second-order valence-corrected chi connectivity index (χ2v) is 7.42. The summed E-state index contributed by atoms with van der Waals surface area (Å²) >= 11 is 0. The van der Waals surface area contributed by atoms with Crippen LogP contribution in [0.5, 0.6) is 23.0 Å². The molecule has 0 aliphatic heterocycles. The van der Waals surface area contributed by atoms with Gasteiger partial charge in [-0.05, 0) is 42.8 Å². The van der Waals surface area contributed by atoms with Gasteiger partial charge in [0, 0.05) is 5.56 Å². The number of aromatic nitrogens is 2. The molecule has 0 radical (unpaired) electrons. The highest BCUT2D eigenvalue weighted by Gasteiger charge is 2.14. The zero-order valence-corrected chi connectivity index (χ0v) is 19.4. The van der Waals surface area contributed by atoms with Crippen molar-refractivity contribution in [2.24, 2.45) is 5.10 Å². The summed E-state index contributed by atoms with van der Waals surface area (Å²) in [6.07, 6.45) is 1.54. The standard InChI is InChI=1S/C26H25N3O5/c1-17-9-5-8-12-21(17)34-16-24-28-20-11-7-6-10-19(20)26(30)29(24)27-15-18-13-22(31-2)25(33-4)23(14-18)32-3/h5-15H,16H2,1-4H3/b27-15+. The molecule has 4 aromatic rings. The summed E-state index contributed by atoms with van der Waals surface area (Å²) in [5, 5.41) is 4.91. The van der Waals surface area contributed by atoms with E-state index in [0.29, 0.717) is 45.3 Å². The maximum absolute atomic E-state index is 13.3. The molecule has 0 aliphatic rings. The lowest BCUT2D eigenvalue weighted by molar-refractivity contribution is 0.287. The third-order valence-electron chi connectivity index (χ3n) is 5.28. The molecule has 1 aromatic heterocycles. The topological polar surface area (TPSA) is 84.2 Å². The van der Waals surface area contributed by atoms with E-state index in [1.54, 1.807) is 36.5 Å². The van der Waals surface area contributed by atoms with E-state index in [4.69, 9.17) is 18.9 Å². The van der Waals surface area contributed by atoms with Crippen LogP contribution in [0.4, 0.5) is 0 Å². The third-order valence-corrected chi connectivity index (χ3v) is 5.28. The van der Waals surface area contributed by atoms with E-state index in [1.165, 1.54) is 26.0 Å². The highest BCUT2D eigenvalue weighted by atomic mass is 16.5. The molecule has 34 heavy (non-hydrogen) atoms. The van der Waals surface area contributed by atoms with Crippen LogP contribution in [0.15, 0.2) is 70.6 Å². The Morgan fingerprint density at radius 3 is 2.26 bits per heavy atom. The summed E-state index contributed by atoms with van der Waals surface area (Å²) in [5.74, 6) is 2.52. The van der Waals surface area contributed by atoms with Crippen molar-refractivity contribution in [3.63, 3.8) is 0 Å². The number of aryl methyl sites for hydroxylation is 1. The van der Waals surface area contributed by atoms with Crippen molar-refractivity contribution in [1.82, 2.24) is 9.66 Å². The van der Waals surface area contributed by atoms with E-state index in [1.807, 2.05) is 37.3 Å². The number of para-hydroxylation sites is 2. The minimum Gasteiger partial charge on any atom is -0.493 e. The van der Waals surface area contributed by atoms with Crippen molar-refractivity contribution in [3.05, 3.63) is 88.0 Å². The summed E-state index contributed by atoms with van der Waals surface area (Å²) in [5.41, 5.74) is 1.92. The summed E-state index contributed by atoms with van der Waals surface area (Å²) in [6, 6.07) is 18.3. The predicted octanol–water partition coefficient (Wildman–Crippen LogP) is 4.19. The Morgan fingerprint density at radius 1 is 0.912 bits per heavy atom. The molecule has 0 amide bonds. The Bertz CT molecular complexity index is 1390. The van der Waals surface area contributed by atoms with Gasteiger partial charge in [0.15, 0.2) is 17.3 Å². The highest BCUT2D eigenvalue weighted by molar-refractivity contribution is 5.83. The van der Waals surface area contributed by atoms with Crippen LogP contribution in [-0.2, 0) is 6.61 Å². The summed E-state index contributed by atoms with van der Waals surface area (Å²) < 4.78 is 23.4. The molecular formula is C26H25N3O5. The van der Waals surface area contributed by atoms with Crippen LogP contribution in [0.1, 0.15) is 17.0 Å². The number of ether oxygens (including phenoxy) is 4. The largest absolute Gasteiger partial charge is 0.493 e. The van der Waals surface area contributed by atoms with E-state index in [0.717, 1.165) is 5.56 Å². The lowest BCUT2D eigenvalue weighted by Gasteiger charge is -2.13. The monoisotopic (exact) mass is 459 g/mol. The SMILES string of the molecule is COc1cc(/C=N/n2c(COc3ccccc3C)nc3ccccc3c2=O)cc(OC)c1OC. The van der Waals surface area contributed by atoms with Crippen molar-refractivity contribution in [2.45, 2.75) is 13.5 Å². The molecule has 0 aliphatic carbocycles. The molecule has 4 rings (SSSR count). The van der Waals surface area contributed by atoms with Crippen LogP contribution in [0.3, 0.4) is 0 Å². The van der Waals surface area contributed by atoms with Gasteiger partial charge in [0.2, 0.25) is 5.75 Å². The number of nitrogens with zero attached hydrogens (tertiary/aromatic N) is 3. The number of hydrogen-bond donors (Lipinski definition) is 0. The Balaban J connectivity index is 1.77. The molecule has 0 saturated heterocycles. The minimum absolute atomic E-state index is 0.0670. The predicted molar refractivity (Wildman–Crippen MR) is 131 cm³/mol. The maximum atomic E-state index is 13.3. The smallest absolute Gasteiger partial charge is 0.282 e. The fourth-order valence-electron chi connectivity index (χ4n) is 3.54. The lowest BCUT2D eigenvalue weighted by Crippen LogP contribution is -2.23. The van der Waals surface area contributed by atoms with Gasteiger partial charge in [-0.2, -0.15) is 9.78 Å². The van der Waals surface area contributed by atoms with Crippen molar-refractivity contribution in [2.75, 3.05) is 21.3 Å². The van der Waals surface area contributed by atoms with Crippen molar-refractivity contribution >= 4 is 17.1 Å². The molecular weight excluding hydrogens is 434 g/mol. The van der Waals surface area contributed by atoms with Gasteiger partial charge >= 0.3 is 0 Å². The van der Waals surface area contributed by atoms with Gasteiger partial charge < -0.3 is 18.9 Å². The number of fused-ring (bicyclic) bond motifs is 1. The molecule has 0 spiro atoms. The van der Waals surface area contributed by atoms with Crippen LogP contribution in [0, 0.1) is 6.92 Å². The molecule has 0 N–H and O–H groups in total. The van der Waals surface area contributed by atoms with Gasteiger partial charge in [0.05, 0.1) is 38.4 Å². The van der Waals surface area contributed by atoms with Gasteiger partial charge in [0.25, 0.3) is 5.56 Å². The fraction of sp³-hybridized carbons (Fsp3) is 0.192. The van der Waals surface area contributed by atoms with Gasteiger partial charge in [0.1, 0.15) is 12.4 Å². The average molecular weight is 460 g/mol. The van der Waals surface area contributed by atoms with Crippen molar-refractivity contribution in [1.29, 1.82) is 0 Å². The number of methoxy groups -OCH3 is 3. The minimum atomic E-state index is -0.294. The Hall–Kier alpha value is -4.33. The Kier molecular flexibility index (Phi) is 6.77. The van der Waals surface area contributed by atoms with Gasteiger partial charge in [-0.1, -0.05) is 30.3 Å². The zero-order valence-electron chi connectivity index (χ0n) is 19.4. The van der Waals surface area contributed by atoms with Crippen LogP contribution < -0.4 is 24.5 Å². The van der Waals surface area contributed by atoms with Crippen LogP contribution in [0.2, 0.25) is 0 Å². The number of rotatable bonds is 8. The molecule has 0 unspecified atom stereocenters. The molecule has 0 fully saturated rings. The molecule has 8 heteroatoms. The normalized spacial score (nSPS) is 11.1. The van der Waals surface area contributed by atoms with Gasteiger partial charge in [-0.15, -0.1) is 0 Å². The second-order valence-electron chi connectivity index (χ2n) is 7.42. The first-order valence-electron chi connectivity index (χ1n) is 10.6. The summed E-state index contributed by atoms with van der Waals surface area (Å²) in [4.78, 5) is 17.9. The summed E-state index contributed by atoms with van der Waals surface area (Å²) in [7, 11) is 4.61. The van der Waals surface area contributed by atoms with E-state index < -0.39 is 0 Å². The molecule has 0 atom stereocenters. The Morgan fingerprint density at radius 2 is 1.59 bits per heavy atom. The quantitative estimate of drug-likeness (QED) is 0.368. The number of hydrogen-bond acceptors (Lipinski definition) is 7. The fourth-order valence-corrected chi connectivity index (χ4v) is 3.54. The van der Waals surface area contributed by atoms with Crippen molar-refractivity contribution in [3.8, 4) is 23.0 Å². The first-order chi connectivity index (χ1) is 16.5. The maximum Gasteiger partial charge on any atom is 0.282 e. The zero-order chi connectivity index (χ0) is 24.1. The lowest BCUT2D eigenvalue weighted by atomic mass is 10.2. The Labute approximate surface area is 197 Å². The van der Waals surface area contributed by atoms with Crippen LogP contribution in [0.25, 0.3) is 10.9 Å². The van der Waals surface area contributed by atoms with E-state index in [2.05, 4.69) is 10.1 Å². The molecule has 0 saturated carbocycles. The summed E-state index contributed by atoms with van der Waals surface area (Å²) in [6.45, 7) is 2.02. The van der Waals surface area contributed by atoms with Gasteiger partial charge in [-0.25, -0.2) is 4.98 Å². The average Bonchev–Trinajstić information content (AvgIpc) is 2.87. The van der Waals surface area contributed by atoms with E-state index >= 15 is 0 Å². The van der Waals surface area contributed by atoms with E-state index in [9.17, 15) is 4.79 Å². The molecule has 3 aromatic carbocycles. The van der Waals surface area contributed by atoms with Gasteiger partial charge in [-0.3, -0.25) is 4.79 Å². The molecule has 1 heterocycles. The molecule has 0 bridgehead atoms. The van der Waals surface area contributed by atoms with Crippen molar-refractivity contribution < 1.29 is 18.9 Å². The highest BCUT2D eigenvalue weighted by Crippen LogP contribution is 2.37. The first-order valence-corrected chi connectivity index (χ1v) is 10.6. The van der Waals surface area contributed by atoms with Crippen LogP contribution >= 0.6 is 0 Å².